The van der Waals surface area contributed by atoms with Gasteiger partial charge in [0.05, 0.1) is 17.9 Å². The number of amides is 2. The molecule has 7 nitrogen and oxygen atoms in total. The maximum atomic E-state index is 12.6. The third-order valence-electron chi connectivity index (χ3n) is 4.48. The maximum absolute atomic E-state index is 12.6. The minimum absolute atomic E-state index is 0.0865. The van der Waals surface area contributed by atoms with Crippen LogP contribution < -0.4 is 10.2 Å². The molecule has 1 saturated heterocycles. The molecule has 2 amide bonds. The summed E-state index contributed by atoms with van der Waals surface area (Å²) in [5.41, 5.74) is 1.27. The van der Waals surface area contributed by atoms with E-state index >= 15 is 0 Å². The van der Waals surface area contributed by atoms with E-state index < -0.39 is 0 Å². The van der Waals surface area contributed by atoms with Crippen molar-refractivity contribution in [3.8, 4) is 0 Å². The Bertz CT molecular complexity index is 828. The van der Waals surface area contributed by atoms with E-state index in [9.17, 15) is 9.59 Å². The summed E-state index contributed by atoms with van der Waals surface area (Å²) in [5.74, 6) is 0.434. The third kappa shape index (κ3) is 5.12. The number of nitrogens with zero attached hydrogens (tertiary/aromatic N) is 3. The number of carbonyl (C=O) groups excluding carboxylic acids is 2. The largest absolute Gasteiger partial charge is 0.462 e. The molecule has 8 heteroatoms. The number of benzene rings is 1. The molecule has 28 heavy (non-hydrogen) atoms. The Morgan fingerprint density at radius 2 is 1.96 bits per heavy atom. The van der Waals surface area contributed by atoms with Gasteiger partial charge >= 0.3 is 12.0 Å². The van der Waals surface area contributed by atoms with Crippen LogP contribution in [0.4, 0.5) is 16.3 Å². The second kappa shape index (κ2) is 9.72. The van der Waals surface area contributed by atoms with Crippen molar-refractivity contribution in [3.05, 3.63) is 51.7 Å². The van der Waals surface area contributed by atoms with E-state index in [-0.39, 0.29) is 12.0 Å². The highest BCUT2D eigenvalue weighted by Gasteiger charge is 2.20. The zero-order valence-corrected chi connectivity index (χ0v) is 17.9. The Labute approximate surface area is 178 Å². The average molecular weight is 494 g/mol. The first kappa shape index (κ1) is 20.4. The number of halogens is 1. The Morgan fingerprint density at radius 3 is 2.68 bits per heavy atom. The molecule has 1 aromatic heterocycles. The number of esters is 1. The lowest BCUT2D eigenvalue weighted by molar-refractivity contribution is 0.0526. The van der Waals surface area contributed by atoms with Gasteiger partial charge in [-0.15, -0.1) is 0 Å². The van der Waals surface area contributed by atoms with Gasteiger partial charge < -0.3 is 19.9 Å². The minimum Gasteiger partial charge on any atom is -0.462 e. The zero-order chi connectivity index (χ0) is 19.9. The first-order chi connectivity index (χ1) is 13.6. The third-order valence-corrected chi connectivity index (χ3v) is 5.42. The van der Waals surface area contributed by atoms with Gasteiger partial charge in [-0.25, -0.2) is 14.6 Å². The Kier molecular flexibility index (Phi) is 7.07. The molecule has 0 radical (unpaired) electrons. The van der Waals surface area contributed by atoms with Crippen molar-refractivity contribution >= 4 is 46.1 Å². The van der Waals surface area contributed by atoms with E-state index in [0.29, 0.717) is 31.8 Å². The Hall–Kier alpha value is -2.36. The summed E-state index contributed by atoms with van der Waals surface area (Å²) in [6.07, 6.45) is 2.39. The minimum atomic E-state index is -0.365. The van der Waals surface area contributed by atoms with Crippen LogP contribution in [0.3, 0.4) is 0 Å². The van der Waals surface area contributed by atoms with Gasteiger partial charge in [0, 0.05) is 35.9 Å². The highest BCUT2D eigenvalue weighted by molar-refractivity contribution is 14.1. The molecule has 1 aromatic carbocycles. The fraction of sp³-hybridized carbons (Fsp3) is 0.350. The molecule has 148 valence electrons. The lowest BCUT2D eigenvalue weighted by Crippen LogP contribution is -2.38. The number of nitrogens with one attached hydrogen (secondary N) is 1. The molecule has 0 spiro atoms. The molecule has 1 fully saturated rings. The van der Waals surface area contributed by atoms with Crippen LogP contribution in [0.15, 0.2) is 42.6 Å². The van der Waals surface area contributed by atoms with Crippen LogP contribution in [0.2, 0.25) is 0 Å². The van der Waals surface area contributed by atoms with E-state index in [1.54, 1.807) is 19.2 Å². The smallest absolute Gasteiger partial charge is 0.339 e. The van der Waals surface area contributed by atoms with E-state index in [4.69, 9.17) is 4.74 Å². The average Bonchev–Trinajstić information content (AvgIpc) is 2.96. The summed E-state index contributed by atoms with van der Waals surface area (Å²) in [4.78, 5) is 32.7. The zero-order valence-electron chi connectivity index (χ0n) is 15.7. The number of pyridine rings is 1. The molecule has 2 heterocycles. The molecule has 0 atom stereocenters. The molecule has 1 N–H and O–H groups in total. The molecule has 1 aliphatic heterocycles. The molecule has 0 saturated carbocycles. The molecule has 2 aromatic rings. The summed E-state index contributed by atoms with van der Waals surface area (Å²) < 4.78 is 6.00. The normalized spacial score (nSPS) is 14.4. The molecule has 0 unspecified atom stereocenters. The standard InChI is InChI=1S/C20H23IN4O3/c1-2-28-19(26)15-8-9-18(22-14-15)24-10-5-11-25(13-12-24)20(27)23-17-7-4-3-6-16(17)21/h3-4,6-9,14H,2,5,10-13H2,1H3,(H,23,27). The number of ether oxygens (including phenoxy) is 1. The van der Waals surface area contributed by atoms with Gasteiger partial charge in [-0.2, -0.15) is 0 Å². The highest BCUT2D eigenvalue weighted by atomic mass is 127. The van der Waals surface area contributed by atoms with E-state index in [1.807, 2.05) is 35.2 Å². The van der Waals surface area contributed by atoms with Crippen LogP contribution in [-0.4, -0.2) is 54.7 Å². The molecular weight excluding hydrogens is 471 g/mol. The van der Waals surface area contributed by atoms with Crippen molar-refractivity contribution in [2.24, 2.45) is 0 Å². The summed E-state index contributed by atoms with van der Waals surface area (Å²) >= 11 is 2.21. The number of carbonyl (C=O) groups is 2. The number of rotatable bonds is 4. The van der Waals surface area contributed by atoms with Crippen molar-refractivity contribution in [1.82, 2.24) is 9.88 Å². The van der Waals surface area contributed by atoms with Gasteiger partial charge in [-0.1, -0.05) is 12.1 Å². The van der Waals surface area contributed by atoms with Crippen molar-refractivity contribution in [2.75, 3.05) is 43.0 Å². The van der Waals surface area contributed by atoms with Crippen molar-refractivity contribution in [1.29, 1.82) is 0 Å². The van der Waals surface area contributed by atoms with Crippen LogP contribution in [0, 0.1) is 3.57 Å². The lowest BCUT2D eigenvalue weighted by Gasteiger charge is -2.23. The SMILES string of the molecule is CCOC(=O)c1ccc(N2CCCN(C(=O)Nc3ccccc3I)CC2)nc1. The number of para-hydroxylation sites is 1. The lowest BCUT2D eigenvalue weighted by atomic mass is 10.2. The van der Waals surface area contributed by atoms with Crippen molar-refractivity contribution in [2.45, 2.75) is 13.3 Å². The van der Waals surface area contributed by atoms with Crippen LogP contribution in [0.5, 0.6) is 0 Å². The van der Waals surface area contributed by atoms with E-state index in [0.717, 1.165) is 28.0 Å². The van der Waals surface area contributed by atoms with Gasteiger partial charge in [0.1, 0.15) is 5.82 Å². The fourth-order valence-corrected chi connectivity index (χ4v) is 3.54. The van der Waals surface area contributed by atoms with Crippen molar-refractivity contribution < 1.29 is 14.3 Å². The van der Waals surface area contributed by atoms with Gasteiger partial charge in [-0.3, -0.25) is 0 Å². The topological polar surface area (TPSA) is 74.8 Å². The second-order valence-electron chi connectivity index (χ2n) is 6.36. The van der Waals surface area contributed by atoms with E-state index in [1.165, 1.54) is 0 Å². The Morgan fingerprint density at radius 1 is 1.14 bits per heavy atom. The van der Waals surface area contributed by atoms with Crippen LogP contribution in [0.1, 0.15) is 23.7 Å². The molecule has 0 aliphatic carbocycles. The number of hydrogen-bond acceptors (Lipinski definition) is 5. The molecule has 1 aliphatic rings. The number of urea groups is 1. The fourth-order valence-electron chi connectivity index (χ4n) is 3.01. The van der Waals surface area contributed by atoms with Crippen molar-refractivity contribution in [3.63, 3.8) is 0 Å². The number of hydrogen-bond donors (Lipinski definition) is 1. The molecular formula is C20H23IN4O3. The first-order valence-corrected chi connectivity index (χ1v) is 10.3. The van der Waals surface area contributed by atoms with Crippen LogP contribution >= 0.6 is 22.6 Å². The molecule has 3 rings (SSSR count). The highest BCUT2D eigenvalue weighted by Crippen LogP contribution is 2.19. The molecule has 0 bridgehead atoms. The Balaban J connectivity index is 1.59. The quantitative estimate of drug-likeness (QED) is 0.520. The number of anilines is 2. The maximum Gasteiger partial charge on any atom is 0.339 e. The van der Waals surface area contributed by atoms with Crippen LogP contribution in [-0.2, 0) is 4.74 Å². The summed E-state index contributed by atoms with van der Waals surface area (Å²) in [6, 6.07) is 11.2. The first-order valence-electron chi connectivity index (χ1n) is 9.27. The van der Waals surface area contributed by atoms with E-state index in [2.05, 4.69) is 37.8 Å². The second-order valence-corrected chi connectivity index (χ2v) is 7.53. The van der Waals surface area contributed by atoms with Gasteiger partial charge in [0.2, 0.25) is 0 Å². The predicted octanol–water partition coefficient (Wildman–Crippen LogP) is 3.61. The van der Waals surface area contributed by atoms with Gasteiger partial charge in [-0.05, 0) is 60.2 Å². The number of aromatic nitrogens is 1. The summed E-state index contributed by atoms with van der Waals surface area (Å²) in [5, 5.41) is 2.99. The van der Waals surface area contributed by atoms with Gasteiger partial charge in [0.25, 0.3) is 0 Å². The monoisotopic (exact) mass is 494 g/mol. The summed E-state index contributed by atoms with van der Waals surface area (Å²) in [6.45, 7) is 4.90. The predicted molar refractivity (Wildman–Crippen MR) is 117 cm³/mol. The summed E-state index contributed by atoms with van der Waals surface area (Å²) in [7, 11) is 0. The van der Waals surface area contributed by atoms with Gasteiger partial charge in [0.15, 0.2) is 0 Å². The van der Waals surface area contributed by atoms with Crippen LogP contribution in [0.25, 0.3) is 0 Å².